The molecule has 3 saturated heterocycles. The number of aliphatic hydroxyl groups is 2. The van der Waals surface area contributed by atoms with Crippen LogP contribution in [0.25, 0.3) is 0 Å². The SMILES string of the molecule is COC(=O)C[C@@H]1CC(CO)[C@H](O)C(/C=C/C(C)=C/CC2OC(C)C(NC(=O)/C=C\C(C)COC3(C)COC3)CC2C)O1. The van der Waals surface area contributed by atoms with Crippen LogP contribution in [0.5, 0.6) is 0 Å². The molecule has 0 aliphatic carbocycles. The lowest BCUT2D eigenvalue weighted by Crippen LogP contribution is -2.50. The lowest BCUT2D eigenvalue weighted by Gasteiger charge is -2.39. The summed E-state index contributed by atoms with van der Waals surface area (Å²) in [6.07, 6.45) is 9.20. The van der Waals surface area contributed by atoms with Crippen LogP contribution in [0, 0.1) is 17.8 Å². The third-order valence-electron chi connectivity index (χ3n) is 8.44. The molecule has 3 N–H and O–H groups in total. The number of nitrogens with one attached hydrogen (secondary N) is 1. The molecule has 0 bridgehead atoms. The minimum atomic E-state index is -0.861. The summed E-state index contributed by atoms with van der Waals surface area (Å²) in [6, 6.07) is -0.0710. The predicted octanol–water partition coefficient (Wildman–Crippen LogP) is 2.87. The van der Waals surface area contributed by atoms with Gasteiger partial charge < -0.3 is 39.2 Å². The Labute approximate surface area is 250 Å². The minimum absolute atomic E-state index is 0.0146. The molecular weight excluding hydrogens is 542 g/mol. The van der Waals surface area contributed by atoms with E-state index in [-0.39, 0.29) is 66.5 Å². The summed E-state index contributed by atoms with van der Waals surface area (Å²) >= 11 is 0. The van der Waals surface area contributed by atoms with Crippen molar-refractivity contribution in [1.82, 2.24) is 5.32 Å². The van der Waals surface area contributed by atoms with Crippen molar-refractivity contribution in [2.45, 2.75) is 102 Å². The number of hydrogen-bond donors (Lipinski definition) is 3. The van der Waals surface area contributed by atoms with Crippen LogP contribution >= 0.6 is 0 Å². The summed E-state index contributed by atoms with van der Waals surface area (Å²) in [7, 11) is 1.33. The Bertz CT molecular complexity index is 975. The molecule has 7 unspecified atom stereocenters. The molecule has 0 radical (unpaired) electrons. The molecule has 0 aromatic rings. The van der Waals surface area contributed by atoms with Crippen molar-refractivity contribution in [2.24, 2.45) is 17.8 Å². The smallest absolute Gasteiger partial charge is 0.308 e. The summed E-state index contributed by atoms with van der Waals surface area (Å²) in [4.78, 5) is 24.3. The number of rotatable bonds is 13. The second-order valence-electron chi connectivity index (χ2n) is 12.5. The Morgan fingerprint density at radius 1 is 1.17 bits per heavy atom. The lowest BCUT2D eigenvalue weighted by atomic mass is 9.87. The average Bonchev–Trinajstić information content (AvgIpc) is 2.94. The van der Waals surface area contributed by atoms with E-state index >= 15 is 0 Å². The van der Waals surface area contributed by atoms with E-state index in [0.717, 1.165) is 12.0 Å². The highest BCUT2D eigenvalue weighted by Crippen LogP contribution is 2.30. The molecular formula is C32H51NO9. The van der Waals surface area contributed by atoms with Crippen LogP contribution in [-0.4, -0.2) is 97.8 Å². The number of allylic oxidation sites excluding steroid dienone is 2. The molecule has 42 heavy (non-hydrogen) atoms. The Kier molecular flexibility index (Phi) is 13.2. The van der Waals surface area contributed by atoms with E-state index in [2.05, 4.69) is 18.3 Å². The fraction of sp³-hybridized carbons (Fsp3) is 0.750. The minimum Gasteiger partial charge on any atom is -0.469 e. The van der Waals surface area contributed by atoms with E-state index < -0.39 is 18.3 Å². The first-order chi connectivity index (χ1) is 19.9. The Hall–Kier alpha value is -2.08. The van der Waals surface area contributed by atoms with Gasteiger partial charge >= 0.3 is 5.97 Å². The molecule has 0 aromatic heterocycles. The van der Waals surface area contributed by atoms with Crippen LogP contribution in [0.4, 0.5) is 0 Å². The predicted molar refractivity (Wildman–Crippen MR) is 158 cm³/mol. The second kappa shape index (κ2) is 16.1. The van der Waals surface area contributed by atoms with Crippen molar-refractivity contribution in [1.29, 1.82) is 0 Å². The molecule has 0 saturated carbocycles. The Morgan fingerprint density at radius 2 is 1.90 bits per heavy atom. The molecule has 3 fully saturated rings. The number of amides is 1. The lowest BCUT2D eigenvalue weighted by molar-refractivity contribution is -0.201. The highest BCUT2D eigenvalue weighted by atomic mass is 16.6. The number of esters is 1. The number of carbonyl (C=O) groups excluding carboxylic acids is 2. The van der Waals surface area contributed by atoms with Crippen molar-refractivity contribution in [2.75, 3.05) is 33.5 Å². The summed E-state index contributed by atoms with van der Waals surface area (Å²) in [5.41, 5.74) is 0.783. The molecule has 0 spiro atoms. The van der Waals surface area contributed by atoms with Crippen LogP contribution in [0.15, 0.2) is 36.0 Å². The van der Waals surface area contributed by atoms with Crippen molar-refractivity contribution >= 4 is 11.9 Å². The van der Waals surface area contributed by atoms with Crippen LogP contribution in [0.2, 0.25) is 0 Å². The number of ether oxygens (including phenoxy) is 5. The number of hydrogen-bond acceptors (Lipinski definition) is 9. The standard InChI is InChI=1S/C32H51NO9/c1-20(8-11-28-31(37)24(16-34)14-25(42-28)15-30(36)38-6)7-10-27-22(3)13-26(23(4)41-27)33-29(35)12-9-21(2)17-40-32(5)18-39-19-32/h7-9,11-12,21-28,31,34,37H,10,13-19H2,1-6H3,(H,33,35)/b11-8+,12-9-,20-7+/t21?,22?,23?,24?,25-,26?,27?,28?,31-/m0/s1. The van der Waals surface area contributed by atoms with Gasteiger partial charge in [-0.2, -0.15) is 0 Å². The molecule has 3 rings (SSSR count). The van der Waals surface area contributed by atoms with Gasteiger partial charge in [0.25, 0.3) is 0 Å². The summed E-state index contributed by atoms with van der Waals surface area (Å²) in [6.45, 7) is 11.7. The second-order valence-corrected chi connectivity index (χ2v) is 12.5. The maximum absolute atomic E-state index is 12.6. The van der Waals surface area contributed by atoms with Gasteiger partial charge in [-0.3, -0.25) is 9.59 Å². The van der Waals surface area contributed by atoms with Gasteiger partial charge in [-0.25, -0.2) is 0 Å². The molecule has 3 aliphatic heterocycles. The Balaban J connectivity index is 1.45. The zero-order valence-corrected chi connectivity index (χ0v) is 26.0. The van der Waals surface area contributed by atoms with Gasteiger partial charge in [-0.05, 0) is 57.9 Å². The number of aliphatic hydroxyl groups excluding tert-OH is 2. The van der Waals surface area contributed by atoms with Gasteiger partial charge in [-0.1, -0.05) is 43.7 Å². The average molecular weight is 594 g/mol. The maximum atomic E-state index is 12.6. The first kappa shape index (κ1) is 34.4. The Morgan fingerprint density at radius 3 is 2.55 bits per heavy atom. The normalized spacial score (nSPS) is 34.2. The van der Waals surface area contributed by atoms with Gasteiger partial charge in [0.2, 0.25) is 5.91 Å². The van der Waals surface area contributed by atoms with Gasteiger partial charge in [0, 0.05) is 12.5 Å². The molecule has 3 aliphatic rings. The molecule has 0 aromatic carbocycles. The van der Waals surface area contributed by atoms with E-state index in [4.69, 9.17) is 23.7 Å². The topological polar surface area (TPSA) is 133 Å². The quantitative estimate of drug-likeness (QED) is 0.168. The molecule has 3 heterocycles. The van der Waals surface area contributed by atoms with Crippen molar-refractivity contribution in [3.63, 3.8) is 0 Å². The molecule has 10 heteroatoms. The van der Waals surface area contributed by atoms with Crippen molar-refractivity contribution < 1.29 is 43.5 Å². The fourth-order valence-corrected chi connectivity index (χ4v) is 5.52. The third-order valence-corrected chi connectivity index (χ3v) is 8.44. The van der Waals surface area contributed by atoms with Crippen molar-refractivity contribution in [3.8, 4) is 0 Å². The molecule has 238 valence electrons. The van der Waals surface area contributed by atoms with E-state index in [1.54, 1.807) is 12.2 Å². The van der Waals surface area contributed by atoms with Gasteiger partial charge in [0.15, 0.2) is 0 Å². The van der Waals surface area contributed by atoms with Crippen LogP contribution in [-0.2, 0) is 33.3 Å². The molecule has 1 amide bonds. The van der Waals surface area contributed by atoms with Crippen molar-refractivity contribution in [3.05, 3.63) is 36.0 Å². The first-order valence-corrected chi connectivity index (χ1v) is 15.1. The zero-order chi connectivity index (χ0) is 30.9. The van der Waals surface area contributed by atoms with Gasteiger partial charge in [0.05, 0.1) is 63.8 Å². The summed E-state index contributed by atoms with van der Waals surface area (Å²) < 4.78 is 28.1. The molecule has 10 nitrogen and oxygen atoms in total. The van der Waals surface area contributed by atoms with E-state index in [9.17, 15) is 19.8 Å². The summed E-state index contributed by atoms with van der Waals surface area (Å²) in [5, 5.41) is 23.4. The van der Waals surface area contributed by atoms with Crippen LogP contribution < -0.4 is 5.32 Å². The maximum Gasteiger partial charge on any atom is 0.308 e. The van der Waals surface area contributed by atoms with Crippen LogP contribution in [0.3, 0.4) is 0 Å². The fourth-order valence-electron chi connectivity index (χ4n) is 5.52. The largest absolute Gasteiger partial charge is 0.469 e. The number of carbonyl (C=O) groups is 2. The molecule has 9 atom stereocenters. The van der Waals surface area contributed by atoms with E-state index in [0.29, 0.717) is 32.7 Å². The summed E-state index contributed by atoms with van der Waals surface area (Å²) in [5.74, 6) is -0.523. The number of methoxy groups -OCH3 is 1. The van der Waals surface area contributed by atoms with E-state index in [1.165, 1.54) is 7.11 Å². The van der Waals surface area contributed by atoms with Gasteiger partial charge in [0.1, 0.15) is 11.7 Å². The highest BCUT2D eigenvalue weighted by Gasteiger charge is 2.37. The van der Waals surface area contributed by atoms with Gasteiger partial charge in [-0.15, -0.1) is 0 Å². The zero-order valence-electron chi connectivity index (χ0n) is 26.0. The third kappa shape index (κ3) is 10.3. The first-order valence-electron chi connectivity index (χ1n) is 15.1. The van der Waals surface area contributed by atoms with Crippen LogP contribution in [0.1, 0.15) is 60.3 Å². The monoisotopic (exact) mass is 593 g/mol. The highest BCUT2D eigenvalue weighted by molar-refractivity contribution is 5.87. The van der Waals surface area contributed by atoms with E-state index in [1.807, 2.05) is 39.8 Å².